The first-order valence-corrected chi connectivity index (χ1v) is 9.12. The lowest BCUT2D eigenvalue weighted by Crippen LogP contribution is -2.40. The zero-order valence-corrected chi connectivity index (χ0v) is 15.1. The van der Waals surface area contributed by atoms with Crippen LogP contribution in [0.15, 0.2) is 47.1 Å². The van der Waals surface area contributed by atoms with E-state index < -0.39 is 17.1 Å². The minimum atomic E-state index is -4.42. The zero-order valence-electron chi connectivity index (χ0n) is 14.3. The summed E-state index contributed by atoms with van der Waals surface area (Å²) < 4.78 is 43.4. The molecule has 1 aromatic heterocycles. The molecule has 1 aliphatic heterocycles. The molecule has 0 spiro atoms. The summed E-state index contributed by atoms with van der Waals surface area (Å²) in [5.74, 6) is -0.0115. The van der Waals surface area contributed by atoms with Crippen LogP contribution in [0.25, 0.3) is 0 Å². The van der Waals surface area contributed by atoms with E-state index in [4.69, 9.17) is 4.42 Å². The molecule has 1 N–H and O–H groups in total. The van der Waals surface area contributed by atoms with Gasteiger partial charge in [0.1, 0.15) is 17.7 Å². The van der Waals surface area contributed by atoms with E-state index in [9.17, 15) is 22.8 Å². The molecule has 3 rings (SSSR count). The Labute approximate surface area is 157 Å². The number of carbonyl (C=O) groups is 2. The molecule has 0 bridgehead atoms. The van der Waals surface area contributed by atoms with Gasteiger partial charge in [-0.2, -0.15) is 13.2 Å². The van der Waals surface area contributed by atoms with Gasteiger partial charge in [-0.25, -0.2) is 0 Å². The standard InChI is InChI=1S/C18H17F3N2O3S/c1-11-16(25)23(10-15(24)22-9-14-3-2-8-26-14)17(27-11)12-4-6-13(7-5-12)18(19,20)21/h2-8,11,17H,9-10H2,1H3,(H,22,24)/t11-,17+/m0/s1. The Morgan fingerprint density at radius 2 is 1.96 bits per heavy atom. The van der Waals surface area contributed by atoms with Crippen molar-refractivity contribution in [1.82, 2.24) is 10.2 Å². The number of amides is 2. The SMILES string of the molecule is C[C@@H]1S[C@H](c2ccc(C(F)(F)F)cc2)N(CC(=O)NCc2ccco2)C1=O. The summed E-state index contributed by atoms with van der Waals surface area (Å²) in [4.78, 5) is 26.0. The Morgan fingerprint density at radius 3 is 2.56 bits per heavy atom. The molecule has 0 saturated carbocycles. The number of hydrogen-bond acceptors (Lipinski definition) is 4. The summed E-state index contributed by atoms with van der Waals surface area (Å²) >= 11 is 1.30. The molecule has 1 aromatic carbocycles. The Kier molecular flexibility index (Phi) is 5.50. The fourth-order valence-electron chi connectivity index (χ4n) is 2.74. The van der Waals surface area contributed by atoms with Gasteiger partial charge in [0.2, 0.25) is 11.8 Å². The van der Waals surface area contributed by atoms with Crippen molar-refractivity contribution in [3.8, 4) is 0 Å². The number of furan rings is 1. The molecule has 1 saturated heterocycles. The number of rotatable bonds is 5. The smallest absolute Gasteiger partial charge is 0.416 e. The number of carbonyl (C=O) groups excluding carboxylic acids is 2. The molecule has 0 unspecified atom stereocenters. The highest BCUT2D eigenvalue weighted by Gasteiger charge is 2.40. The molecule has 9 heteroatoms. The lowest BCUT2D eigenvalue weighted by atomic mass is 10.1. The predicted molar refractivity (Wildman–Crippen MR) is 93.5 cm³/mol. The summed E-state index contributed by atoms with van der Waals surface area (Å²) in [7, 11) is 0. The first kappa shape index (κ1) is 19.3. The first-order chi connectivity index (χ1) is 12.8. The maximum Gasteiger partial charge on any atom is 0.416 e. The Bertz CT molecular complexity index is 806. The summed E-state index contributed by atoms with van der Waals surface area (Å²) in [5.41, 5.74) is -0.208. The van der Waals surface area contributed by atoms with Crippen LogP contribution in [0, 0.1) is 0 Å². The minimum Gasteiger partial charge on any atom is -0.467 e. The molecule has 0 radical (unpaired) electrons. The third kappa shape index (κ3) is 4.47. The second-order valence-electron chi connectivity index (χ2n) is 6.07. The van der Waals surface area contributed by atoms with Crippen LogP contribution in [0.5, 0.6) is 0 Å². The van der Waals surface area contributed by atoms with Gasteiger partial charge in [0.15, 0.2) is 0 Å². The van der Waals surface area contributed by atoms with Gasteiger partial charge in [-0.15, -0.1) is 11.8 Å². The number of halogens is 3. The van der Waals surface area contributed by atoms with Crippen molar-refractivity contribution in [1.29, 1.82) is 0 Å². The maximum atomic E-state index is 12.7. The quantitative estimate of drug-likeness (QED) is 0.836. The largest absolute Gasteiger partial charge is 0.467 e. The molecule has 5 nitrogen and oxygen atoms in total. The van der Waals surface area contributed by atoms with Crippen molar-refractivity contribution in [3.05, 3.63) is 59.5 Å². The maximum absolute atomic E-state index is 12.7. The molecule has 2 amide bonds. The van der Waals surface area contributed by atoms with Crippen LogP contribution in [0.1, 0.15) is 29.2 Å². The summed E-state index contributed by atoms with van der Waals surface area (Å²) in [6.45, 7) is 1.73. The third-order valence-electron chi connectivity index (χ3n) is 4.12. The van der Waals surface area contributed by atoms with Crippen LogP contribution in [0.2, 0.25) is 0 Å². The fraction of sp³-hybridized carbons (Fsp3) is 0.333. The molecule has 144 valence electrons. The highest BCUT2D eigenvalue weighted by atomic mass is 32.2. The van der Waals surface area contributed by atoms with Gasteiger partial charge in [-0.05, 0) is 36.8 Å². The van der Waals surface area contributed by atoms with Gasteiger partial charge >= 0.3 is 6.18 Å². The number of nitrogens with one attached hydrogen (secondary N) is 1. The first-order valence-electron chi connectivity index (χ1n) is 8.18. The van der Waals surface area contributed by atoms with E-state index in [0.717, 1.165) is 12.1 Å². The molecule has 1 aliphatic rings. The molecule has 1 fully saturated rings. The molecular weight excluding hydrogens is 381 g/mol. The predicted octanol–water partition coefficient (Wildman–Crippen LogP) is 3.58. The van der Waals surface area contributed by atoms with Gasteiger partial charge in [-0.3, -0.25) is 9.59 Å². The van der Waals surface area contributed by atoms with E-state index >= 15 is 0 Å². The summed E-state index contributed by atoms with van der Waals surface area (Å²) in [6, 6.07) is 8.07. The molecule has 2 atom stereocenters. The number of thioether (sulfide) groups is 1. The monoisotopic (exact) mass is 398 g/mol. The highest BCUT2D eigenvalue weighted by molar-refractivity contribution is 8.01. The normalized spacial score (nSPS) is 20.1. The van der Waals surface area contributed by atoms with E-state index in [1.54, 1.807) is 19.1 Å². The van der Waals surface area contributed by atoms with Crippen molar-refractivity contribution in [2.24, 2.45) is 0 Å². The number of alkyl halides is 3. The Hall–Kier alpha value is -2.42. The number of nitrogens with zero attached hydrogens (tertiary/aromatic N) is 1. The van der Waals surface area contributed by atoms with Gasteiger partial charge in [0.05, 0.1) is 23.6 Å². The highest BCUT2D eigenvalue weighted by Crippen LogP contribution is 2.43. The average molecular weight is 398 g/mol. The lowest BCUT2D eigenvalue weighted by Gasteiger charge is -2.24. The lowest BCUT2D eigenvalue weighted by molar-refractivity contribution is -0.137. The van der Waals surface area contributed by atoms with Crippen LogP contribution in [0.4, 0.5) is 13.2 Å². The second kappa shape index (κ2) is 7.67. The summed E-state index contributed by atoms with van der Waals surface area (Å²) in [6.07, 6.45) is -2.93. The van der Waals surface area contributed by atoms with Gasteiger partial charge < -0.3 is 14.6 Å². The average Bonchev–Trinajstić information content (AvgIpc) is 3.23. The van der Waals surface area contributed by atoms with Crippen LogP contribution in [-0.4, -0.2) is 28.5 Å². The minimum absolute atomic E-state index is 0.178. The van der Waals surface area contributed by atoms with Gasteiger partial charge in [0, 0.05) is 0 Å². The number of benzene rings is 1. The van der Waals surface area contributed by atoms with Crippen molar-refractivity contribution in [2.45, 2.75) is 30.3 Å². The van der Waals surface area contributed by atoms with Crippen molar-refractivity contribution in [3.63, 3.8) is 0 Å². The molecular formula is C18H17F3N2O3S. The molecule has 2 aromatic rings. The van der Waals surface area contributed by atoms with Gasteiger partial charge in [0.25, 0.3) is 0 Å². The Balaban J connectivity index is 1.70. The van der Waals surface area contributed by atoms with Crippen molar-refractivity contribution < 1.29 is 27.2 Å². The van der Waals surface area contributed by atoms with E-state index in [0.29, 0.717) is 11.3 Å². The van der Waals surface area contributed by atoms with Crippen LogP contribution >= 0.6 is 11.8 Å². The Morgan fingerprint density at radius 1 is 1.26 bits per heavy atom. The van der Waals surface area contributed by atoms with Crippen LogP contribution in [0.3, 0.4) is 0 Å². The topological polar surface area (TPSA) is 62.6 Å². The van der Waals surface area contributed by atoms with Crippen LogP contribution < -0.4 is 5.32 Å². The van der Waals surface area contributed by atoms with Crippen molar-refractivity contribution in [2.75, 3.05) is 6.54 Å². The van der Waals surface area contributed by atoms with E-state index in [1.807, 2.05) is 0 Å². The zero-order chi connectivity index (χ0) is 19.6. The molecule has 0 aliphatic carbocycles. The van der Waals surface area contributed by atoms with E-state index in [2.05, 4.69) is 5.32 Å². The van der Waals surface area contributed by atoms with Crippen molar-refractivity contribution >= 4 is 23.6 Å². The second-order valence-corrected chi connectivity index (χ2v) is 7.50. The van der Waals surface area contributed by atoms with E-state index in [1.165, 1.54) is 35.1 Å². The molecule has 2 heterocycles. The number of hydrogen-bond donors (Lipinski definition) is 1. The van der Waals surface area contributed by atoms with E-state index in [-0.39, 0.29) is 30.2 Å². The third-order valence-corrected chi connectivity index (χ3v) is 5.52. The molecule has 27 heavy (non-hydrogen) atoms. The summed E-state index contributed by atoms with van der Waals surface area (Å²) in [5, 5.41) is 1.77. The van der Waals surface area contributed by atoms with Crippen LogP contribution in [-0.2, 0) is 22.3 Å². The fourth-order valence-corrected chi connectivity index (χ4v) is 4.02. The van der Waals surface area contributed by atoms with Gasteiger partial charge in [-0.1, -0.05) is 12.1 Å².